The summed E-state index contributed by atoms with van der Waals surface area (Å²) < 4.78 is 10.8. The van der Waals surface area contributed by atoms with E-state index < -0.39 is 12.1 Å². The molecule has 0 heterocycles. The van der Waals surface area contributed by atoms with E-state index in [0.29, 0.717) is 6.54 Å². The lowest BCUT2D eigenvalue weighted by Gasteiger charge is -2.14. The van der Waals surface area contributed by atoms with E-state index in [1.807, 2.05) is 62.4 Å². The Balaban J connectivity index is 1.66. The second-order valence-electron chi connectivity index (χ2n) is 6.53. The first-order chi connectivity index (χ1) is 13.0. The fourth-order valence-corrected chi connectivity index (χ4v) is 2.54. The van der Waals surface area contributed by atoms with Crippen molar-refractivity contribution in [1.82, 2.24) is 5.32 Å². The zero-order valence-electron chi connectivity index (χ0n) is 16.2. The number of amides is 1. The first kappa shape index (κ1) is 20.5. The second kappa shape index (κ2) is 10.4. The lowest BCUT2D eigenvalue weighted by Crippen LogP contribution is -2.37. The summed E-state index contributed by atoms with van der Waals surface area (Å²) in [4.78, 5) is 23.9. The van der Waals surface area contributed by atoms with E-state index in [2.05, 4.69) is 5.32 Å². The molecule has 0 fully saturated rings. The molecule has 0 aliphatic heterocycles. The first-order valence-corrected chi connectivity index (χ1v) is 9.17. The third kappa shape index (κ3) is 7.13. The normalized spacial score (nSPS) is 11.5. The number of esters is 1. The quantitative estimate of drug-likeness (QED) is 0.689. The van der Waals surface area contributed by atoms with Crippen molar-refractivity contribution in [2.24, 2.45) is 0 Å². The molecule has 0 aliphatic rings. The van der Waals surface area contributed by atoms with Crippen LogP contribution in [0.25, 0.3) is 0 Å². The van der Waals surface area contributed by atoms with E-state index in [-0.39, 0.29) is 18.9 Å². The van der Waals surface area contributed by atoms with Crippen molar-refractivity contribution in [2.75, 3.05) is 13.2 Å². The van der Waals surface area contributed by atoms with Crippen LogP contribution in [0.4, 0.5) is 0 Å². The van der Waals surface area contributed by atoms with Gasteiger partial charge in [0.15, 0.2) is 6.10 Å². The maximum atomic E-state index is 12.0. The van der Waals surface area contributed by atoms with Crippen molar-refractivity contribution >= 4 is 11.9 Å². The van der Waals surface area contributed by atoms with Crippen LogP contribution in [-0.4, -0.2) is 31.1 Å². The molecule has 1 atom stereocenters. The number of aryl methyl sites for hydroxylation is 2. The average molecular weight is 369 g/mol. The molecule has 0 aliphatic carbocycles. The van der Waals surface area contributed by atoms with Crippen LogP contribution in [0.3, 0.4) is 0 Å². The largest absolute Gasteiger partial charge is 0.493 e. The van der Waals surface area contributed by atoms with Gasteiger partial charge in [0, 0.05) is 6.54 Å². The van der Waals surface area contributed by atoms with Gasteiger partial charge < -0.3 is 14.8 Å². The minimum absolute atomic E-state index is 0.0923. The third-order valence-electron chi connectivity index (χ3n) is 4.14. The van der Waals surface area contributed by atoms with E-state index in [0.717, 1.165) is 28.9 Å². The van der Waals surface area contributed by atoms with Crippen LogP contribution in [-0.2, 0) is 20.7 Å². The lowest BCUT2D eigenvalue weighted by molar-refractivity contribution is -0.155. The van der Waals surface area contributed by atoms with Gasteiger partial charge in [0.05, 0.1) is 13.0 Å². The monoisotopic (exact) mass is 369 g/mol. The molecule has 5 nitrogen and oxygen atoms in total. The van der Waals surface area contributed by atoms with Gasteiger partial charge >= 0.3 is 5.97 Å². The number of ether oxygens (including phenoxy) is 2. The molecule has 144 valence electrons. The summed E-state index contributed by atoms with van der Waals surface area (Å²) in [5, 5.41) is 2.78. The van der Waals surface area contributed by atoms with Gasteiger partial charge in [-0.1, -0.05) is 42.5 Å². The molecule has 0 radical (unpaired) electrons. The van der Waals surface area contributed by atoms with E-state index in [1.165, 1.54) is 0 Å². The topological polar surface area (TPSA) is 64.6 Å². The van der Waals surface area contributed by atoms with Crippen LogP contribution < -0.4 is 10.1 Å². The van der Waals surface area contributed by atoms with Gasteiger partial charge in [0.1, 0.15) is 5.75 Å². The molecule has 1 unspecified atom stereocenters. The van der Waals surface area contributed by atoms with E-state index in [9.17, 15) is 9.59 Å². The van der Waals surface area contributed by atoms with Crippen LogP contribution in [0.15, 0.2) is 48.5 Å². The Labute approximate surface area is 160 Å². The summed E-state index contributed by atoms with van der Waals surface area (Å²) in [6.45, 7) is 6.22. The van der Waals surface area contributed by atoms with Crippen LogP contribution in [0, 0.1) is 13.8 Å². The highest BCUT2D eigenvalue weighted by Gasteiger charge is 2.17. The minimum atomic E-state index is -0.825. The van der Waals surface area contributed by atoms with E-state index in [1.54, 1.807) is 6.92 Å². The number of benzene rings is 2. The van der Waals surface area contributed by atoms with Gasteiger partial charge in [0.2, 0.25) is 0 Å². The highest BCUT2D eigenvalue weighted by molar-refractivity contribution is 5.83. The van der Waals surface area contributed by atoms with Crippen molar-refractivity contribution < 1.29 is 19.1 Å². The molecule has 27 heavy (non-hydrogen) atoms. The van der Waals surface area contributed by atoms with Crippen LogP contribution in [0.2, 0.25) is 0 Å². The van der Waals surface area contributed by atoms with Crippen LogP contribution >= 0.6 is 0 Å². The SMILES string of the molecule is Cc1ccc(C)c(OCCC(=O)OC(C)C(=O)NCCc2ccccc2)c1. The molecule has 0 saturated carbocycles. The highest BCUT2D eigenvalue weighted by atomic mass is 16.5. The molecule has 0 bridgehead atoms. The maximum absolute atomic E-state index is 12.0. The number of hydrogen-bond donors (Lipinski definition) is 1. The van der Waals surface area contributed by atoms with Crippen LogP contribution in [0.5, 0.6) is 5.75 Å². The third-order valence-corrected chi connectivity index (χ3v) is 4.14. The summed E-state index contributed by atoms with van der Waals surface area (Å²) in [6, 6.07) is 15.8. The van der Waals surface area contributed by atoms with Gasteiger partial charge in [-0.05, 0) is 49.9 Å². The summed E-state index contributed by atoms with van der Waals surface area (Å²) in [7, 11) is 0. The molecule has 0 spiro atoms. The Morgan fingerprint density at radius 1 is 1.07 bits per heavy atom. The van der Waals surface area contributed by atoms with Gasteiger partial charge in [-0.3, -0.25) is 9.59 Å². The Hall–Kier alpha value is -2.82. The fourth-order valence-electron chi connectivity index (χ4n) is 2.54. The van der Waals surface area contributed by atoms with Gasteiger partial charge in [0.25, 0.3) is 5.91 Å². The van der Waals surface area contributed by atoms with Gasteiger partial charge in [-0.2, -0.15) is 0 Å². The maximum Gasteiger partial charge on any atom is 0.310 e. The summed E-state index contributed by atoms with van der Waals surface area (Å²) >= 11 is 0. The minimum Gasteiger partial charge on any atom is -0.493 e. The van der Waals surface area contributed by atoms with Crippen molar-refractivity contribution in [3.63, 3.8) is 0 Å². The first-order valence-electron chi connectivity index (χ1n) is 9.17. The molecular weight excluding hydrogens is 342 g/mol. The number of carbonyl (C=O) groups is 2. The zero-order chi connectivity index (χ0) is 19.6. The number of carbonyl (C=O) groups excluding carboxylic acids is 2. The summed E-state index contributed by atoms with van der Waals surface area (Å²) in [6.07, 6.45) is 0.000325. The van der Waals surface area contributed by atoms with Gasteiger partial charge in [-0.15, -0.1) is 0 Å². The lowest BCUT2D eigenvalue weighted by atomic mass is 10.1. The van der Waals surface area contributed by atoms with Crippen molar-refractivity contribution in [3.05, 3.63) is 65.2 Å². The van der Waals surface area contributed by atoms with Crippen LogP contribution in [0.1, 0.15) is 30.0 Å². The Kier molecular flexibility index (Phi) is 7.86. The van der Waals surface area contributed by atoms with Crippen molar-refractivity contribution in [2.45, 2.75) is 39.7 Å². The molecule has 2 aromatic carbocycles. The predicted octanol–water partition coefficient (Wildman–Crippen LogP) is 3.36. The summed E-state index contributed by atoms with van der Waals surface area (Å²) in [5.74, 6) is 0.00949. The molecule has 1 amide bonds. The highest BCUT2D eigenvalue weighted by Crippen LogP contribution is 2.19. The van der Waals surface area contributed by atoms with Crippen molar-refractivity contribution in [3.8, 4) is 5.75 Å². The predicted molar refractivity (Wildman–Crippen MR) is 105 cm³/mol. The zero-order valence-corrected chi connectivity index (χ0v) is 16.2. The molecule has 0 aromatic heterocycles. The number of hydrogen-bond acceptors (Lipinski definition) is 4. The molecular formula is C22H27NO4. The second-order valence-corrected chi connectivity index (χ2v) is 6.53. The fraction of sp³-hybridized carbons (Fsp3) is 0.364. The average Bonchev–Trinajstić information content (AvgIpc) is 2.65. The molecule has 1 N–H and O–H groups in total. The van der Waals surface area contributed by atoms with E-state index >= 15 is 0 Å². The summed E-state index contributed by atoms with van der Waals surface area (Å²) in [5.41, 5.74) is 3.25. The smallest absolute Gasteiger partial charge is 0.310 e. The van der Waals surface area contributed by atoms with Gasteiger partial charge in [-0.25, -0.2) is 0 Å². The van der Waals surface area contributed by atoms with E-state index in [4.69, 9.17) is 9.47 Å². The Morgan fingerprint density at radius 3 is 2.56 bits per heavy atom. The Morgan fingerprint density at radius 2 is 1.81 bits per heavy atom. The van der Waals surface area contributed by atoms with Crippen molar-refractivity contribution in [1.29, 1.82) is 0 Å². The standard InChI is InChI=1S/C22H27NO4/c1-16-9-10-17(2)20(15-16)26-14-12-21(24)27-18(3)22(25)23-13-11-19-7-5-4-6-8-19/h4-10,15,18H,11-14H2,1-3H3,(H,23,25). The molecule has 5 heteroatoms. The Bertz CT molecular complexity index is 758. The number of nitrogens with one attached hydrogen (secondary N) is 1. The number of rotatable bonds is 9. The molecule has 2 rings (SSSR count). The molecule has 2 aromatic rings. The molecule has 0 saturated heterocycles.